The second-order valence-electron chi connectivity index (χ2n) is 6.38. The van der Waals surface area contributed by atoms with Crippen LogP contribution < -0.4 is 5.32 Å². The number of rotatable bonds is 8. The maximum atomic E-state index is 12.0. The summed E-state index contributed by atoms with van der Waals surface area (Å²) in [6.45, 7) is 0.667. The van der Waals surface area contributed by atoms with E-state index in [4.69, 9.17) is 0 Å². The quantitative estimate of drug-likeness (QED) is 0.657. The maximum Gasteiger partial charge on any atom is 0.220 e. The summed E-state index contributed by atoms with van der Waals surface area (Å²) >= 11 is 0. The Balaban J connectivity index is 1.41. The Morgan fingerprint density at radius 3 is 2.46 bits per heavy atom. The molecule has 0 saturated heterocycles. The van der Waals surface area contributed by atoms with E-state index in [1.807, 2.05) is 30.5 Å². The molecule has 0 aliphatic heterocycles. The van der Waals surface area contributed by atoms with Gasteiger partial charge >= 0.3 is 0 Å². The summed E-state index contributed by atoms with van der Waals surface area (Å²) in [5, 5.41) is 3.03. The van der Waals surface area contributed by atoms with Crippen LogP contribution in [0.5, 0.6) is 0 Å². The smallest absolute Gasteiger partial charge is 0.220 e. The molecular formula is C23H24N2O. The van der Waals surface area contributed by atoms with Crippen molar-refractivity contribution in [3.63, 3.8) is 0 Å². The van der Waals surface area contributed by atoms with Crippen molar-refractivity contribution in [2.45, 2.75) is 25.7 Å². The summed E-state index contributed by atoms with van der Waals surface area (Å²) in [6.07, 6.45) is 6.88. The molecule has 0 unspecified atom stereocenters. The van der Waals surface area contributed by atoms with E-state index in [1.165, 1.54) is 11.1 Å². The summed E-state index contributed by atoms with van der Waals surface area (Å²) in [7, 11) is 0. The molecule has 3 aromatic rings. The minimum absolute atomic E-state index is 0.129. The van der Waals surface area contributed by atoms with Crippen LogP contribution in [0, 0.1) is 0 Å². The molecule has 0 bridgehead atoms. The van der Waals surface area contributed by atoms with Crippen molar-refractivity contribution in [1.82, 2.24) is 10.3 Å². The molecule has 0 radical (unpaired) electrons. The van der Waals surface area contributed by atoms with Crippen LogP contribution in [0.25, 0.3) is 11.1 Å². The highest BCUT2D eigenvalue weighted by molar-refractivity contribution is 5.75. The number of carbonyl (C=O) groups excluding carboxylic acids is 1. The molecule has 0 fully saturated rings. The van der Waals surface area contributed by atoms with Gasteiger partial charge in [0, 0.05) is 25.4 Å². The predicted octanol–water partition coefficient (Wildman–Crippen LogP) is 4.43. The van der Waals surface area contributed by atoms with Crippen LogP contribution in [0.4, 0.5) is 0 Å². The number of hydrogen-bond donors (Lipinski definition) is 1. The zero-order chi connectivity index (χ0) is 18.0. The van der Waals surface area contributed by atoms with E-state index >= 15 is 0 Å². The number of pyridine rings is 1. The van der Waals surface area contributed by atoms with Gasteiger partial charge < -0.3 is 5.32 Å². The number of nitrogens with one attached hydrogen (secondary N) is 1. The van der Waals surface area contributed by atoms with Gasteiger partial charge in [0.2, 0.25) is 5.91 Å². The molecule has 26 heavy (non-hydrogen) atoms. The highest BCUT2D eigenvalue weighted by Gasteiger charge is 2.03. The van der Waals surface area contributed by atoms with E-state index in [1.54, 1.807) is 6.20 Å². The Hall–Kier alpha value is -2.94. The van der Waals surface area contributed by atoms with Crippen LogP contribution in [-0.2, 0) is 17.6 Å². The monoisotopic (exact) mass is 344 g/mol. The van der Waals surface area contributed by atoms with Gasteiger partial charge in [0.25, 0.3) is 0 Å². The molecule has 1 heterocycles. The molecule has 1 N–H and O–H groups in total. The second-order valence-corrected chi connectivity index (χ2v) is 6.38. The average Bonchev–Trinajstić information content (AvgIpc) is 2.70. The fraction of sp³-hybridized carbons (Fsp3) is 0.217. The lowest BCUT2D eigenvalue weighted by molar-refractivity contribution is -0.121. The van der Waals surface area contributed by atoms with Gasteiger partial charge in [-0.2, -0.15) is 0 Å². The lowest BCUT2D eigenvalue weighted by Gasteiger charge is -2.07. The van der Waals surface area contributed by atoms with Crippen LogP contribution >= 0.6 is 0 Å². The first-order chi connectivity index (χ1) is 12.8. The number of nitrogens with zero attached hydrogens (tertiary/aromatic N) is 1. The molecule has 132 valence electrons. The molecule has 2 aromatic carbocycles. The lowest BCUT2D eigenvalue weighted by Crippen LogP contribution is -2.25. The molecule has 0 aliphatic rings. The summed E-state index contributed by atoms with van der Waals surface area (Å²) in [5.74, 6) is 0.129. The number of hydrogen-bond acceptors (Lipinski definition) is 2. The fourth-order valence-corrected chi connectivity index (χ4v) is 2.97. The minimum atomic E-state index is 0.129. The maximum absolute atomic E-state index is 12.0. The first-order valence-electron chi connectivity index (χ1n) is 9.11. The van der Waals surface area contributed by atoms with E-state index < -0.39 is 0 Å². The number of aryl methyl sites for hydroxylation is 1. The predicted molar refractivity (Wildman–Crippen MR) is 106 cm³/mol. The van der Waals surface area contributed by atoms with E-state index in [2.05, 4.69) is 52.8 Å². The molecule has 0 spiro atoms. The van der Waals surface area contributed by atoms with Crippen LogP contribution in [0.15, 0.2) is 79.1 Å². The van der Waals surface area contributed by atoms with Gasteiger partial charge in [-0.25, -0.2) is 0 Å². The van der Waals surface area contributed by atoms with Crippen LogP contribution in [0.2, 0.25) is 0 Å². The Bertz CT molecular complexity index is 816. The Kier molecular flexibility index (Phi) is 6.54. The van der Waals surface area contributed by atoms with Gasteiger partial charge in [-0.1, -0.05) is 60.7 Å². The van der Waals surface area contributed by atoms with Crippen LogP contribution in [-0.4, -0.2) is 17.4 Å². The third-order valence-electron chi connectivity index (χ3n) is 4.37. The van der Waals surface area contributed by atoms with Crippen LogP contribution in [0.3, 0.4) is 0 Å². The first kappa shape index (κ1) is 17.9. The third kappa shape index (κ3) is 5.55. The van der Waals surface area contributed by atoms with E-state index in [-0.39, 0.29) is 5.91 Å². The van der Waals surface area contributed by atoms with Gasteiger partial charge in [-0.15, -0.1) is 0 Å². The fourth-order valence-electron chi connectivity index (χ4n) is 2.97. The zero-order valence-electron chi connectivity index (χ0n) is 14.9. The molecular weight excluding hydrogens is 320 g/mol. The number of aromatic nitrogens is 1. The zero-order valence-corrected chi connectivity index (χ0v) is 14.9. The second kappa shape index (κ2) is 9.52. The molecule has 3 heteroatoms. The molecule has 3 nitrogen and oxygen atoms in total. The van der Waals surface area contributed by atoms with Crippen molar-refractivity contribution >= 4 is 5.91 Å². The first-order valence-corrected chi connectivity index (χ1v) is 9.11. The van der Waals surface area contributed by atoms with E-state index in [9.17, 15) is 4.79 Å². The van der Waals surface area contributed by atoms with Crippen molar-refractivity contribution in [3.8, 4) is 11.1 Å². The summed E-state index contributed by atoms with van der Waals surface area (Å²) in [4.78, 5) is 16.2. The molecule has 1 amide bonds. The number of carbonyl (C=O) groups is 1. The van der Waals surface area contributed by atoms with Crippen LogP contribution in [0.1, 0.15) is 24.0 Å². The Morgan fingerprint density at radius 1 is 0.846 bits per heavy atom. The topological polar surface area (TPSA) is 42.0 Å². The summed E-state index contributed by atoms with van der Waals surface area (Å²) in [6, 6.07) is 22.7. The van der Waals surface area contributed by atoms with Crippen molar-refractivity contribution in [1.29, 1.82) is 0 Å². The third-order valence-corrected chi connectivity index (χ3v) is 4.37. The van der Waals surface area contributed by atoms with Gasteiger partial charge in [0.15, 0.2) is 0 Å². The SMILES string of the molecule is O=C(CCCc1ccccc1)NCCc1cccc(-c2cccnc2)c1. The number of benzene rings is 2. The molecule has 1 aromatic heterocycles. The summed E-state index contributed by atoms with van der Waals surface area (Å²) in [5.41, 5.74) is 4.77. The van der Waals surface area contributed by atoms with Gasteiger partial charge in [-0.3, -0.25) is 9.78 Å². The highest BCUT2D eigenvalue weighted by atomic mass is 16.1. The highest BCUT2D eigenvalue weighted by Crippen LogP contribution is 2.19. The molecule has 3 rings (SSSR count). The van der Waals surface area contributed by atoms with Crippen molar-refractivity contribution < 1.29 is 4.79 Å². The molecule has 0 saturated carbocycles. The van der Waals surface area contributed by atoms with Crippen molar-refractivity contribution in [3.05, 3.63) is 90.3 Å². The van der Waals surface area contributed by atoms with E-state index in [0.29, 0.717) is 13.0 Å². The normalized spacial score (nSPS) is 10.5. The standard InChI is InChI=1S/C23H24N2O/c26-23(13-5-9-19-7-2-1-3-8-19)25-16-14-20-10-4-11-21(17-20)22-12-6-15-24-18-22/h1-4,6-8,10-12,15,17-18H,5,9,13-14,16H2,(H,25,26). The van der Waals surface area contributed by atoms with Crippen molar-refractivity contribution in [2.75, 3.05) is 6.54 Å². The van der Waals surface area contributed by atoms with Crippen molar-refractivity contribution in [2.24, 2.45) is 0 Å². The summed E-state index contributed by atoms with van der Waals surface area (Å²) < 4.78 is 0. The average molecular weight is 344 g/mol. The van der Waals surface area contributed by atoms with Gasteiger partial charge in [0.1, 0.15) is 0 Å². The minimum Gasteiger partial charge on any atom is -0.356 e. The Morgan fingerprint density at radius 2 is 1.65 bits per heavy atom. The van der Waals surface area contributed by atoms with Gasteiger partial charge in [-0.05, 0) is 47.6 Å². The molecule has 0 atom stereocenters. The van der Waals surface area contributed by atoms with E-state index in [0.717, 1.165) is 30.4 Å². The Labute approximate surface area is 155 Å². The molecule has 0 aliphatic carbocycles. The number of amides is 1. The lowest BCUT2D eigenvalue weighted by atomic mass is 10.0. The van der Waals surface area contributed by atoms with Gasteiger partial charge in [0.05, 0.1) is 0 Å². The largest absolute Gasteiger partial charge is 0.356 e.